The number of halogens is 2. The highest BCUT2D eigenvalue weighted by molar-refractivity contribution is 5.78. The van der Waals surface area contributed by atoms with Gasteiger partial charge in [-0.2, -0.15) is 8.78 Å². The van der Waals surface area contributed by atoms with Gasteiger partial charge in [0.2, 0.25) is 5.91 Å². The molecule has 30 heavy (non-hydrogen) atoms. The summed E-state index contributed by atoms with van der Waals surface area (Å²) in [5, 5.41) is 0. The molecule has 3 rings (SSSR count). The zero-order valence-corrected chi connectivity index (χ0v) is 17.3. The van der Waals surface area contributed by atoms with E-state index in [4.69, 9.17) is 4.74 Å². The molecule has 0 spiro atoms. The first kappa shape index (κ1) is 21.8. The third-order valence-electron chi connectivity index (χ3n) is 5.08. The predicted molar refractivity (Wildman–Crippen MR) is 111 cm³/mol. The second-order valence-electron chi connectivity index (χ2n) is 7.26. The van der Waals surface area contributed by atoms with Gasteiger partial charge in [0.1, 0.15) is 11.5 Å². The van der Waals surface area contributed by atoms with Gasteiger partial charge in [0.05, 0.1) is 13.7 Å². The molecule has 2 aromatic rings. The lowest BCUT2D eigenvalue weighted by atomic mass is 10.2. The average molecular weight is 419 g/mol. The zero-order valence-electron chi connectivity index (χ0n) is 17.3. The number of carbonyl (C=O) groups excluding carboxylic acids is 1. The fourth-order valence-corrected chi connectivity index (χ4v) is 3.48. The molecule has 0 atom stereocenters. The number of alkyl halides is 2. The van der Waals surface area contributed by atoms with Crippen molar-refractivity contribution in [3.05, 3.63) is 54.1 Å². The van der Waals surface area contributed by atoms with Crippen molar-refractivity contribution in [1.82, 2.24) is 9.80 Å². The highest BCUT2D eigenvalue weighted by Gasteiger charge is 2.22. The van der Waals surface area contributed by atoms with Gasteiger partial charge in [-0.1, -0.05) is 12.1 Å². The number of nitrogens with zero attached hydrogens (tertiary/aromatic N) is 3. The average Bonchev–Trinajstić information content (AvgIpc) is 2.75. The normalized spacial score (nSPS) is 14.3. The van der Waals surface area contributed by atoms with Gasteiger partial charge in [-0.05, 0) is 49.0 Å². The molecule has 0 aliphatic carbocycles. The standard InChI is InChI=1S/C22H27F2N3O3/c1-25(15-17-3-7-20(8-4-17)30-22(23)24)16-21(28)27-13-11-26(12-14-27)18-5-9-19(29-2)10-6-18/h3-10,22H,11-16H2,1-2H3. The molecule has 0 unspecified atom stereocenters. The van der Waals surface area contributed by atoms with Crippen molar-refractivity contribution in [3.8, 4) is 11.5 Å². The number of hydrogen-bond acceptors (Lipinski definition) is 5. The number of amides is 1. The van der Waals surface area contributed by atoms with Gasteiger partial charge >= 0.3 is 6.61 Å². The number of ether oxygens (including phenoxy) is 2. The van der Waals surface area contributed by atoms with E-state index in [9.17, 15) is 13.6 Å². The first-order valence-corrected chi connectivity index (χ1v) is 9.83. The fourth-order valence-electron chi connectivity index (χ4n) is 3.48. The molecule has 0 aromatic heterocycles. The van der Waals surface area contributed by atoms with E-state index in [0.717, 1.165) is 30.1 Å². The van der Waals surface area contributed by atoms with Crippen LogP contribution in [0, 0.1) is 0 Å². The lowest BCUT2D eigenvalue weighted by molar-refractivity contribution is -0.132. The smallest absolute Gasteiger partial charge is 0.387 e. The lowest BCUT2D eigenvalue weighted by Crippen LogP contribution is -2.51. The van der Waals surface area contributed by atoms with Crippen LogP contribution in [0.5, 0.6) is 11.5 Å². The molecule has 1 amide bonds. The number of carbonyl (C=O) groups is 1. The van der Waals surface area contributed by atoms with Gasteiger partial charge < -0.3 is 19.3 Å². The van der Waals surface area contributed by atoms with Crippen molar-refractivity contribution in [3.63, 3.8) is 0 Å². The highest BCUT2D eigenvalue weighted by Crippen LogP contribution is 2.21. The molecule has 8 heteroatoms. The van der Waals surface area contributed by atoms with Gasteiger partial charge in [0.25, 0.3) is 0 Å². The van der Waals surface area contributed by atoms with E-state index in [1.54, 1.807) is 19.2 Å². The molecular formula is C22H27F2N3O3. The summed E-state index contributed by atoms with van der Waals surface area (Å²) in [6, 6.07) is 14.4. The monoisotopic (exact) mass is 419 g/mol. The molecule has 162 valence electrons. The molecule has 0 radical (unpaired) electrons. The Morgan fingerprint density at radius 3 is 2.17 bits per heavy atom. The van der Waals surface area contributed by atoms with Crippen molar-refractivity contribution in [2.45, 2.75) is 13.2 Å². The Bertz CT molecular complexity index is 807. The second kappa shape index (κ2) is 10.2. The van der Waals surface area contributed by atoms with E-state index in [1.165, 1.54) is 12.1 Å². The van der Waals surface area contributed by atoms with Crippen LogP contribution in [-0.4, -0.2) is 69.2 Å². The molecular weight excluding hydrogens is 392 g/mol. The molecule has 1 aliphatic heterocycles. The van der Waals surface area contributed by atoms with E-state index >= 15 is 0 Å². The number of hydrogen-bond donors (Lipinski definition) is 0. The van der Waals surface area contributed by atoms with Crippen LogP contribution in [0.25, 0.3) is 0 Å². The van der Waals surface area contributed by atoms with Crippen molar-refractivity contribution < 1.29 is 23.0 Å². The third-order valence-corrected chi connectivity index (χ3v) is 5.08. The Kier molecular flexibility index (Phi) is 7.46. The van der Waals surface area contributed by atoms with Crippen LogP contribution in [0.15, 0.2) is 48.5 Å². The largest absolute Gasteiger partial charge is 0.497 e. The van der Waals surface area contributed by atoms with Crippen molar-refractivity contribution in [1.29, 1.82) is 0 Å². The Morgan fingerprint density at radius 2 is 1.60 bits per heavy atom. The number of methoxy groups -OCH3 is 1. The fraction of sp³-hybridized carbons (Fsp3) is 0.409. The maximum absolute atomic E-state index is 12.6. The molecule has 1 fully saturated rings. The second-order valence-corrected chi connectivity index (χ2v) is 7.26. The van der Waals surface area contributed by atoms with E-state index in [1.807, 2.05) is 41.1 Å². The minimum Gasteiger partial charge on any atom is -0.497 e. The van der Waals surface area contributed by atoms with E-state index in [-0.39, 0.29) is 11.7 Å². The molecule has 6 nitrogen and oxygen atoms in total. The Morgan fingerprint density at radius 1 is 1.00 bits per heavy atom. The summed E-state index contributed by atoms with van der Waals surface area (Å²) in [4.78, 5) is 18.7. The van der Waals surface area contributed by atoms with E-state index in [2.05, 4.69) is 9.64 Å². The summed E-state index contributed by atoms with van der Waals surface area (Å²) < 4.78 is 34.0. The van der Waals surface area contributed by atoms with Gasteiger partial charge in [0.15, 0.2) is 0 Å². The minimum atomic E-state index is -2.83. The van der Waals surface area contributed by atoms with Gasteiger partial charge in [-0.25, -0.2) is 0 Å². The molecule has 0 bridgehead atoms. The molecule has 1 heterocycles. The Labute approximate surface area is 175 Å². The van der Waals surface area contributed by atoms with Gasteiger partial charge in [0, 0.05) is 38.4 Å². The Balaban J connectivity index is 1.44. The van der Waals surface area contributed by atoms with Crippen LogP contribution in [0.2, 0.25) is 0 Å². The van der Waals surface area contributed by atoms with Crippen LogP contribution >= 0.6 is 0 Å². The number of benzene rings is 2. The molecule has 1 saturated heterocycles. The first-order valence-electron chi connectivity index (χ1n) is 9.83. The number of rotatable bonds is 8. The predicted octanol–water partition coefficient (Wildman–Crippen LogP) is 3.08. The molecule has 0 saturated carbocycles. The van der Waals surface area contributed by atoms with Crippen molar-refractivity contribution >= 4 is 11.6 Å². The Hall–Kier alpha value is -2.87. The quantitative estimate of drug-likeness (QED) is 0.658. The highest BCUT2D eigenvalue weighted by atomic mass is 19.3. The maximum Gasteiger partial charge on any atom is 0.387 e. The SMILES string of the molecule is COc1ccc(N2CCN(C(=O)CN(C)Cc3ccc(OC(F)F)cc3)CC2)cc1. The van der Waals surface area contributed by atoms with E-state index in [0.29, 0.717) is 26.2 Å². The summed E-state index contributed by atoms with van der Waals surface area (Å²) in [7, 11) is 3.52. The minimum absolute atomic E-state index is 0.0875. The summed E-state index contributed by atoms with van der Waals surface area (Å²) in [5.41, 5.74) is 2.05. The van der Waals surface area contributed by atoms with Crippen LogP contribution in [0.3, 0.4) is 0 Å². The molecule has 2 aromatic carbocycles. The van der Waals surface area contributed by atoms with Gasteiger partial charge in [-0.3, -0.25) is 9.69 Å². The van der Waals surface area contributed by atoms with Crippen LogP contribution < -0.4 is 14.4 Å². The molecule has 1 aliphatic rings. The van der Waals surface area contributed by atoms with Crippen LogP contribution in [0.1, 0.15) is 5.56 Å². The molecule has 0 N–H and O–H groups in total. The summed E-state index contributed by atoms with van der Waals surface area (Å²) in [6.45, 7) is 0.947. The third kappa shape index (κ3) is 6.06. The zero-order chi connectivity index (χ0) is 21.5. The lowest BCUT2D eigenvalue weighted by Gasteiger charge is -2.36. The number of likely N-dealkylation sites (N-methyl/N-ethyl adjacent to an activating group) is 1. The first-order chi connectivity index (χ1) is 14.4. The maximum atomic E-state index is 12.6. The summed E-state index contributed by atoms with van der Waals surface area (Å²) in [6.07, 6.45) is 0. The number of anilines is 1. The topological polar surface area (TPSA) is 45.2 Å². The van der Waals surface area contributed by atoms with Crippen molar-refractivity contribution in [2.75, 3.05) is 51.8 Å². The number of piperazine rings is 1. The summed E-state index contributed by atoms with van der Waals surface area (Å²) in [5.74, 6) is 1.04. The summed E-state index contributed by atoms with van der Waals surface area (Å²) >= 11 is 0. The van der Waals surface area contributed by atoms with Gasteiger partial charge in [-0.15, -0.1) is 0 Å². The van der Waals surface area contributed by atoms with Crippen LogP contribution in [-0.2, 0) is 11.3 Å². The van der Waals surface area contributed by atoms with Crippen LogP contribution in [0.4, 0.5) is 14.5 Å². The van der Waals surface area contributed by atoms with Crippen molar-refractivity contribution in [2.24, 2.45) is 0 Å². The van der Waals surface area contributed by atoms with E-state index < -0.39 is 6.61 Å².